The van der Waals surface area contributed by atoms with Gasteiger partial charge in [0.15, 0.2) is 5.82 Å². The van der Waals surface area contributed by atoms with Crippen LogP contribution in [0.4, 0.5) is 4.39 Å². The van der Waals surface area contributed by atoms with Crippen LogP contribution in [0, 0.1) is 5.82 Å². The highest BCUT2D eigenvalue weighted by Crippen LogP contribution is 2.24. The highest BCUT2D eigenvalue weighted by Gasteiger charge is 2.24. The van der Waals surface area contributed by atoms with Crippen LogP contribution in [0.1, 0.15) is 10.4 Å². The molecule has 0 fully saturated rings. The van der Waals surface area contributed by atoms with Crippen molar-refractivity contribution >= 4 is 47.9 Å². The monoisotopic (exact) mass is 415 g/mol. The fraction of sp³-hybridized carbons (Fsp3) is 0.100. The molecule has 0 radical (unpaired) electrons. The van der Waals surface area contributed by atoms with E-state index >= 15 is 0 Å². The molecule has 1 rings (SSSR count). The van der Waals surface area contributed by atoms with Crippen LogP contribution in [0.25, 0.3) is 0 Å². The van der Waals surface area contributed by atoms with E-state index < -0.39 is 32.3 Å². The Bertz CT molecular complexity index is 645. The van der Waals surface area contributed by atoms with Crippen LogP contribution in [0.5, 0.6) is 0 Å². The van der Waals surface area contributed by atoms with Crippen molar-refractivity contribution in [2.24, 2.45) is 0 Å². The number of halogens is 3. The molecule has 0 amide bonds. The fourth-order valence-corrected chi connectivity index (χ4v) is 3.25. The molecule has 0 saturated carbocycles. The van der Waals surface area contributed by atoms with Crippen molar-refractivity contribution in [1.82, 2.24) is 4.72 Å². The van der Waals surface area contributed by atoms with Crippen molar-refractivity contribution < 1.29 is 22.7 Å². The van der Waals surface area contributed by atoms with Crippen molar-refractivity contribution in [3.63, 3.8) is 0 Å². The summed E-state index contributed by atoms with van der Waals surface area (Å²) >= 11 is 5.89. The number of hydrogen-bond donors (Lipinski definition) is 2. The van der Waals surface area contributed by atoms with E-state index in [9.17, 15) is 17.6 Å². The molecule has 104 valence electrons. The number of carbonyl (C=O) groups is 1. The van der Waals surface area contributed by atoms with Gasteiger partial charge >= 0.3 is 5.97 Å². The molecule has 0 atom stereocenters. The summed E-state index contributed by atoms with van der Waals surface area (Å²) in [6, 6.07) is 1.97. The molecule has 0 aliphatic rings. The molecule has 0 unspecified atom stereocenters. The number of aromatic carboxylic acids is 1. The maximum absolute atomic E-state index is 13.9. The molecule has 0 saturated heterocycles. The summed E-state index contributed by atoms with van der Waals surface area (Å²) in [7, 11) is -4.17. The van der Waals surface area contributed by atoms with E-state index in [4.69, 9.17) is 5.11 Å². The molecule has 0 aliphatic heterocycles. The minimum atomic E-state index is -4.17. The normalized spacial score (nSPS) is 11.3. The zero-order chi connectivity index (χ0) is 14.8. The standard InChI is InChI=1S/C10H8Br2FNO4S/c1-5(11)4-14-19(17,18)8-3-6(12)2-7(9(8)13)10(15)16/h2-3,14H,1,4H2,(H,15,16). The Balaban J connectivity index is 3.34. The summed E-state index contributed by atoms with van der Waals surface area (Å²) in [5.74, 6) is -2.87. The molecule has 0 aromatic heterocycles. The Morgan fingerprint density at radius 1 is 1.47 bits per heavy atom. The average molecular weight is 417 g/mol. The van der Waals surface area contributed by atoms with Gasteiger partial charge in [0.05, 0.1) is 5.56 Å². The van der Waals surface area contributed by atoms with Gasteiger partial charge in [0.2, 0.25) is 10.0 Å². The van der Waals surface area contributed by atoms with E-state index in [1.54, 1.807) is 0 Å². The van der Waals surface area contributed by atoms with Gasteiger partial charge in [0.1, 0.15) is 4.90 Å². The number of rotatable bonds is 5. The molecule has 0 spiro atoms. The minimum Gasteiger partial charge on any atom is -0.478 e. The number of benzene rings is 1. The van der Waals surface area contributed by atoms with Crippen molar-refractivity contribution in [2.45, 2.75) is 4.90 Å². The lowest BCUT2D eigenvalue weighted by atomic mass is 10.2. The van der Waals surface area contributed by atoms with Gasteiger partial charge in [-0.1, -0.05) is 38.4 Å². The molecular weight excluding hydrogens is 409 g/mol. The van der Waals surface area contributed by atoms with Crippen LogP contribution in [0.15, 0.2) is 32.6 Å². The van der Waals surface area contributed by atoms with E-state index in [-0.39, 0.29) is 11.0 Å². The van der Waals surface area contributed by atoms with Gasteiger partial charge < -0.3 is 5.11 Å². The van der Waals surface area contributed by atoms with Crippen molar-refractivity contribution in [3.8, 4) is 0 Å². The quantitative estimate of drug-likeness (QED) is 0.772. The summed E-state index contributed by atoms with van der Waals surface area (Å²) in [6.07, 6.45) is 0. The van der Waals surface area contributed by atoms with E-state index in [1.807, 2.05) is 0 Å². The third-order valence-corrected chi connectivity index (χ3v) is 4.12. The molecule has 0 heterocycles. The third-order valence-electron chi connectivity index (χ3n) is 1.98. The highest BCUT2D eigenvalue weighted by atomic mass is 79.9. The number of hydrogen-bond acceptors (Lipinski definition) is 3. The van der Waals surface area contributed by atoms with Crippen LogP contribution >= 0.6 is 31.9 Å². The van der Waals surface area contributed by atoms with Gasteiger partial charge in [0.25, 0.3) is 0 Å². The first kappa shape index (κ1) is 16.3. The summed E-state index contributed by atoms with van der Waals surface area (Å²) in [4.78, 5) is 10.1. The van der Waals surface area contributed by atoms with Gasteiger partial charge in [-0.3, -0.25) is 0 Å². The fourth-order valence-electron chi connectivity index (χ4n) is 1.17. The van der Waals surface area contributed by atoms with E-state index in [1.165, 1.54) is 0 Å². The molecule has 19 heavy (non-hydrogen) atoms. The van der Waals surface area contributed by atoms with Gasteiger partial charge in [0, 0.05) is 15.5 Å². The molecule has 2 N–H and O–H groups in total. The van der Waals surface area contributed by atoms with E-state index in [2.05, 4.69) is 43.2 Å². The number of sulfonamides is 1. The molecule has 1 aromatic carbocycles. The summed E-state index contributed by atoms with van der Waals surface area (Å²) < 4.78 is 40.2. The second-order valence-electron chi connectivity index (χ2n) is 3.41. The molecule has 0 bridgehead atoms. The van der Waals surface area contributed by atoms with Crippen molar-refractivity contribution in [3.05, 3.63) is 39.0 Å². The van der Waals surface area contributed by atoms with Crippen molar-refractivity contribution in [2.75, 3.05) is 6.54 Å². The first-order valence-corrected chi connectivity index (χ1v) is 7.77. The Morgan fingerprint density at radius 2 is 2.05 bits per heavy atom. The van der Waals surface area contributed by atoms with Gasteiger partial charge in [-0.25, -0.2) is 22.3 Å². The Hall–Kier alpha value is -0.770. The van der Waals surface area contributed by atoms with Gasteiger partial charge in [-0.15, -0.1) is 0 Å². The molecule has 5 nitrogen and oxygen atoms in total. The lowest BCUT2D eigenvalue weighted by Gasteiger charge is -2.09. The van der Waals surface area contributed by atoms with Gasteiger partial charge in [-0.2, -0.15) is 0 Å². The zero-order valence-electron chi connectivity index (χ0n) is 9.28. The average Bonchev–Trinajstić information content (AvgIpc) is 2.28. The maximum atomic E-state index is 13.9. The van der Waals surface area contributed by atoms with Gasteiger partial charge in [-0.05, 0) is 12.1 Å². The number of carboxylic acids is 1. The van der Waals surface area contributed by atoms with E-state index in [0.29, 0.717) is 4.48 Å². The summed E-state index contributed by atoms with van der Waals surface area (Å²) in [6.45, 7) is 3.29. The predicted octanol–water partition coefficient (Wildman–Crippen LogP) is 2.47. The second kappa shape index (κ2) is 6.12. The SMILES string of the molecule is C=C(Br)CNS(=O)(=O)c1cc(Br)cc(C(=O)O)c1F. The number of carboxylic acid groups (broad SMARTS) is 1. The Labute approximate surface area is 125 Å². The minimum absolute atomic E-state index is 0.142. The lowest BCUT2D eigenvalue weighted by molar-refractivity contribution is 0.0691. The third kappa shape index (κ3) is 4.10. The molecule has 9 heteroatoms. The molecule has 1 aromatic rings. The smallest absolute Gasteiger partial charge is 0.338 e. The van der Waals surface area contributed by atoms with Crippen LogP contribution in [0.3, 0.4) is 0 Å². The summed E-state index contributed by atoms with van der Waals surface area (Å²) in [5, 5.41) is 8.80. The summed E-state index contributed by atoms with van der Waals surface area (Å²) in [5.41, 5.74) is -0.729. The Kier molecular flexibility index (Phi) is 5.25. The highest BCUT2D eigenvalue weighted by molar-refractivity contribution is 9.11. The van der Waals surface area contributed by atoms with Crippen molar-refractivity contribution in [1.29, 1.82) is 0 Å². The van der Waals surface area contributed by atoms with Crippen LogP contribution in [-0.2, 0) is 10.0 Å². The first-order valence-electron chi connectivity index (χ1n) is 4.70. The molecule has 0 aliphatic carbocycles. The van der Waals surface area contributed by atoms with Crippen LogP contribution in [-0.4, -0.2) is 26.0 Å². The lowest BCUT2D eigenvalue weighted by Crippen LogP contribution is -2.26. The molecular formula is C10H8Br2FNO4S. The maximum Gasteiger partial charge on any atom is 0.338 e. The number of nitrogens with one attached hydrogen (secondary N) is 1. The van der Waals surface area contributed by atoms with Crippen LogP contribution in [0.2, 0.25) is 0 Å². The Morgan fingerprint density at radius 3 is 2.53 bits per heavy atom. The largest absolute Gasteiger partial charge is 0.478 e. The zero-order valence-corrected chi connectivity index (χ0v) is 13.3. The first-order chi connectivity index (χ1) is 8.65. The van der Waals surface area contributed by atoms with E-state index in [0.717, 1.165) is 12.1 Å². The topological polar surface area (TPSA) is 83.5 Å². The predicted molar refractivity (Wildman–Crippen MR) is 74.3 cm³/mol. The second-order valence-corrected chi connectivity index (χ2v) is 7.18. The van der Waals surface area contributed by atoms with Crippen LogP contribution < -0.4 is 4.72 Å².